The number of nitrogens with zero attached hydrogens (tertiary/aromatic N) is 1. The molecule has 0 heterocycles. The van der Waals surface area contributed by atoms with Crippen LogP contribution >= 0.6 is 0 Å². The number of hydrogen-bond acceptors (Lipinski definition) is 8. The van der Waals surface area contributed by atoms with E-state index < -0.39 is 18.5 Å². The van der Waals surface area contributed by atoms with Crippen molar-refractivity contribution in [3.63, 3.8) is 0 Å². The summed E-state index contributed by atoms with van der Waals surface area (Å²) in [4.78, 5) is 25.6. The van der Waals surface area contributed by atoms with Crippen LogP contribution in [0.3, 0.4) is 0 Å². The third kappa shape index (κ3) is 8.40. The number of aliphatic hydroxyl groups is 4. The standard InChI is InChI=1S/C29H45NO8/c1-2-3-4-7-22(33)9-10-23-24-15-20-6-5-8-27(25(20)16-21(24)17-26(23)34)37-19-29(36)38-18-28(35)30(11-13-31)12-14-32/h5-6,8,21-24,26,31-34H,2-4,7,9-19H2,1H3/t21?,22-,23-,24?,26-/m1/s1. The monoisotopic (exact) mass is 535 g/mol. The number of aliphatic hydroxyl groups excluding tert-OH is 4. The Bertz CT molecular complexity index is 887. The average Bonchev–Trinajstić information content (AvgIpc) is 3.21. The quantitative estimate of drug-likeness (QED) is 0.186. The van der Waals surface area contributed by atoms with E-state index in [0.717, 1.165) is 63.4 Å². The first-order valence-corrected chi connectivity index (χ1v) is 14.1. The smallest absolute Gasteiger partial charge is 0.344 e. The number of carbonyl (C=O) groups excluding carboxylic acids is 2. The highest BCUT2D eigenvalue weighted by Gasteiger charge is 2.44. The molecule has 38 heavy (non-hydrogen) atoms. The minimum Gasteiger partial charge on any atom is -0.482 e. The van der Waals surface area contributed by atoms with Crippen LogP contribution < -0.4 is 4.74 Å². The summed E-state index contributed by atoms with van der Waals surface area (Å²) >= 11 is 0. The number of ether oxygens (including phenoxy) is 2. The molecule has 3 rings (SSSR count). The van der Waals surface area contributed by atoms with E-state index in [4.69, 9.17) is 19.7 Å². The summed E-state index contributed by atoms with van der Waals surface area (Å²) in [5.74, 6) is 0.335. The van der Waals surface area contributed by atoms with Gasteiger partial charge in [0, 0.05) is 13.1 Å². The summed E-state index contributed by atoms with van der Waals surface area (Å²) in [5.41, 5.74) is 2.22. The van der Waals surface area contributed by atoms with Gasteiger partial charge >= 0.3 is 5.97 Å². The molecule has 214 valence electrons. The molecule has 0 bridgehead atoms. The Balaban J connectivity index is 1.52. The van der Waals surface area contributed by atoms with Gasteiger partial charge in [0.15, 0.2) is 13.2 Å². The Hall–Kier alpha value is -2.20. The molecule has 1 fully saturated rings. The molecule has 4 N–H and O–H groups in total. The number of rotatable bonds is 16. The van der Waals surface area contributed by atoms with E-state index in [1.54, 1.807) is 0 Å². The maximum Gasteiger partial charge on any atom is 0.344 e. The molecule has 0 saturated heterocycles. The van der Waals surface area contributed by atoms with Crippen LogP contribution in [0, 0.1) is 17.8 Å². The number of unbranched alkanes of at least 4 members (excludes halogenated alkanes) is 2. The van der Waals surface area contributed by atoms with Crippen molar-refractivity contribution in [1.29, 1.82) is 0 Å². The van der Waals surface area contributed by atoms with Crippen LogP contribution in [0.15, 0.2) is 18.2 Å². The number of carbonyl (C=O) groups is 2. The van der Waals surface area contributed by atoms with E-state index in [1.165, 1.54) is 10.5 Å². The second-order valence-corrected chi connectivity index (χ2v) is 10.7. The summed E-state index contributed by atoms with van der Waals surface area (Å²) in [7, 11) is 0. The topological polar surface area (TPSA) is 137 Å². The number of amides is 1. The predicted octanol–water partition coefficient (Wildman–Crippen LogP) is 1.85. The zero-order chi connectivity index (χ0) is 27.5. The lowest BCUT2D eigenvalue weighted by Gasteiger charge is -2.32. The van der Waals surface area contributed by atoms with E-state index in [-0.39, 0.29) is 51.0 Å². The molecule has 1 aromatic carbocycles. The summed E-state index contributed by atoms with van der Waals surface area (Å²) in [6.45, 7) is 0.959. The van der Waals surface area contributed by atoms with E-state index in [9.17, 15) is 19.8 Å². The predicted molar refractivity (Wildman–Crippen MR) is 142 cm³/mol. The van der Waals surface area contributed by atoms with Crippen molar-refractivity contribution in [3.8, 4) is 5.75 Å². The largest absolute Gasteiger partial charge is 0.482 e. The van der Waals surface area contributed by atoms with Crippen molar-refractivity contribution in [2.75, 3.05) is 39.5 Å². The molecule has 5 atom stereocenters. The fraction of sp³-hybridized carbons (Fsp3) is 0.724. The van der Waals surface area contributed by atoms with Gasteiger partial charge in [-0.15, -0.1) is 0 Å². The zero-order valence-corrected chi connectivity index (χ0v) is 22.6. The minimum absolute atomic E-state index is 0.0564. The van der Waals surface area contributed by atoms with Gasteiger partial charge in [-0.25, -0.2) is 4.79 Å². The lowest BCUT2D eigenvalue weighted by atomic mass is 9.73. The first kappa shape index (κ1) is 30.3. The van der Waals surface area contributed by atoms with Gasteiger partial charge < -0.3 is 34.8 Å². The molecular weight excluding hydrogens is 490 g/mol. The summed E-state index contributed by atoms with van der Waals surface area (Å²) in [5, 5.41) is 39.3. The molecule has 0 spiro atoms. The fourth-order valence-corrected chi connectivity index (χ4v) is 6.11. The Morgan fingerprint density at radius 1 is 1.08 bits per heavy atom. The van der Waals surface area contributed by atoms with Gasteiger partial charge in [0.2, 0.25) is 0 Å². The average molecular weight is 536 g/mol. The summed E-state index contributed by atoms with van der Waals surface area (Å²) in [6.07, 6.45) is 7.39. The van der Waals surface area contributed by atoms with E-state index in [2.05, 4.69) is 13.0 Å². The molecule has 0 aromatic heterocycles. The van der Waals surface area contributed by atoms with Gasteiger partial charge in [-0.3, -0.25) is 4.79 Å². The van der Waals surface area contributed by atoms with E-state index >= 15 is 0 Å². The Kier molecular flexibility index (Phi) is 12.3. The van der Waals surface area contributed by atoms with Gasteiger partial charge in [0.1, 0.15) is 5.75 Å². The number of esters is 1. The van der Waals surface area contributed by atoms with Crippen LogP contribution in [0.25, 0.3) is 0 Å². The number of hydrogen-bond donors (Lipinski definition) is 4. The van der Waals surface area contributed by atoms with Crippen LogP contribution in [0.1, 0.15) is 63.0 Å². The SMILES string of the molecule is CCCCC[C@@H](O)CC[C@@H]1C2Cc3cccc(OCC(=O)OCC(=O)N(CCO)CCO)c3CC2C[C@H]1O. The molecule has 0 aliphatic heterocycles. The van der Waals surface area contributed by atoms with Crippen LogP contribution in [-0.2, 0) is 27.2 Å². The van der Waals surface area contributed by atoms with Gasteiger partial charge in [0.05, 0.1) is 25.4 Å². The molecule has 9 nitrogen and oxygen atoms in total. The highest BCUT2D eigenvalue weighted by molar-refractivity contribution is 5.81. The maximum atomic E-state index is 12.2. The summed E-state index contributed by atoms with van der Waals surface area (Å²) < 4.78 is 10.9. The van der Waals surface area contributed by atoms with Crippen LogP contribution in [-0.4, -0.2) is 88.9 Å². The Labute approximate surface area is 225 Å². The van der Waals surface area contributed by atoms with Gasteiger partial charge in [-0.1, -0.05) is 38.3 Å². The molecule has 1 amide bonds. The minimum atomic E-state index is -0.675. The molecule has 9 heteroatoms. The maximum absolute atomic E-state index is 12.2. The summed E-state index contributed by atoms with van der Waals surface area (Å²) in [6, 6.07) is 5.81. The first-order valence-electron chi connectivity index (χ1n) is 14.1. The number of fused-ring (bicyclic) bond motifs is 2. The molecule has 2 aliphatic rings. The van der Waals surface area contributed by atoms with Crippen LogP contribution in [0.4, 0.5) is 0 Å². The van der Waals surface area contributed by atoms with Crippen molar-refractivity contribution >= 4 is 11.9 Å². The lowest BCUT2D eigenvalue weighted by Crippen LogP contribution is -2.39. The molecule has 2 unspecified atom stereocenters. The third-order valence-corrected chi connectivity index (χ3v) is 8.11. The van der Waals surface area contributed by atoms with Gasteiger partial charge in [-0.2, -0.15) is 0 Å². The third-order valence-electron chi connectivity index (χ3n) is 8.11. The fourth-order valence-electron chi connectivity index (χ4n) is 6.11. The molecule has 1 aromatic rings. The van der Waals surface area contributed by atoms with Crippen molar-refractivity contribution < 1.29 is 39.5 Å². The Morgan fingerprint density at radius 3 is 2.55 bits per heavy atom. The normalized spacial score (nSPS) is 22.9. The van der Waals surface area contributed by atoms with E-state index in [1.807, 2.05) is 12.1 Å². The van der Waals surface area contributed by atoms with Crippen molar-refractivity contribution in [1.82, 2.24) is 4.90 Å². The zero-order valence-electron chi connectivity index (χ0n) is 22.6. The van der Waals surface area contributed by atoms with Crippen molar-refractivity contribution in [2.45, 2.75) is 76.9 Å². The van der Waals surface area contributed by atoms with Gasteiger partial charge in [-0.05, 0) is 73.5 Å². The molecule has 2 aliphatic carbocycles. The van der Waals surface area contributed by atoms with Crippen LogP contribution in [0.5, 0.6) is 5.75 Å². The van der Waals surface area contributed by atoms with Gasteiger partial charge in [0.25, 0.3) is 5.91 Å². The lowest BCUT2D eigenvalue weighted by molar-refractivity contribution is -0.154. The second kappa shape index (κ2) is 15.4. The highest BCUT2D eigenvalue weighted by Crippen LogP contribution is 2.48. The second-order valence-electron chi connectivity index (χ2n) is 10.7. The first-order chi connectivity index (χ1) is 18.4. The number of benzene rings is 1. The highest BCUT2D eigenvalue weighted by atomic mass is 16.6. The van der Waals surface area contributed by atoms with Crippen molar-refractivity contribution in [2.24, 2.45) is 17.8 Å². The Morgan fingerprint density at radius 2 is 1.84 bits per heavy atom. The van der Waals surface area contributed by atoms with Crippen molar-refractivity contribution in [3.05, 3.63) is 29.3 Å². The molecule has 0 radical (unpaired) electrons. The molecular formula is C29H45NO8. The molecule has 1 saturated carbocycles. The van der Waals surface area contributed by atoms with Crippen LogP contribution in [0.2, 0.25) is 0 Å². The van der Waals surface area contributed by atoms with E-state index in [0.29, 0.717) is 17.6 Å².